The molecule has 5 rings (SSSR count). The minimum absolute atomic E-state index is 0.0722. The highest BCUT2D eigenvalue weighted by Crippen LogP contribution is 2.48. The maximum absolute atomic E-state index is 14.8. The maximum Gasteiger partial charge on any atom is 0.152 e. The molecule has 0 amide bonds. The van der Waals surface area contributed by atoms with Gasteiger partial charge in [-0.25, -0.2) is 4.39 Å². The van der Waals surface area contributed by atoms with E-state index in [0.717, 1.165) is 42.4 Å². The summed E-state index contributed by atoms with van der Waals surface area (Å²) in [7, 11) is 0. The van der Waals surface area contributed by atoms with Gasteiger partial charge in [0.25, 0.3) is 0 Å². The highest BCUT2D eigenvalue weighted by atomic mass is 19.1. The summed E-state index contributed by atoms with van der Waals surface area (Å²) in [6, 6.07) is 3.18. The highest BCUT2D eigenvalue weighted by Gasteiger charge is 2.38. The molecule has 124 valence electrons. The van der Waals surface area contributed by atoms with Gasteiger partial charge in [0.05, 0.1) is 17.8 Å². The van der Waals surface area contributed by atoms with Crippen LogP contribution in [0, 0.1) is 5.82 Å². The van der Waals surface area contributed by atoms with Gasteiger partial charge in [0.2, 0.25) is 0 Å². The number of aromatic nitrogens is 2. The average Bonchev–Trinajstić information content (AvgIpc) is 3.33. The lowest BCUT2D eigenvalue weighted by atomic mass is 9.93. The van der Waals surface area contributed by atoms with Crippen molar-refractivity contribution in [2.24, 2.45) is 0 Å². The number of halogens is 1. The Morgan fingerprint density at radius 3 is 2.75 bits per heavy atom. The van der Waals surface area contributed by atoms with Gasteiger partial charge in [-0.3, -0.25) is 0 Å². The van der Waals surface area contributed by atoms with E-state index < -0.39 is 5.82 Å². The summed E-state index contributed by atoms with van der Waals surface area (Å²) in [5.41, 5.74) is 9.08. The monoisotopic (exact) mass is 327 g/mol. The van der Waals surface area contributed by atoms with Crippen molar-refractivity contribution in [1.29, 1.82) is 0 Å². The molecule has 2 bridgehead atoms. The maximum atomic E-state index is 14.8. The average molecular weight is 327 g/mol. The van der Waals surface area contributed by atoms with Gasteiger partial charge >= 0.3 is 0 Å². The van der Waals surface area contributed by atoms with Crippen LogP contribution in [0.15, 0.2) is 12.1 Å². The fraction of sp³-hybridized carbons (Fsp3) is 0.444. The smallest absolute Gasteiger partial charge is 0.152 e. The molecule has 1 saturated carbocycles. The number of nitrogen functional groups attached to an aromatic ring is 1. The number of aromatic hydroxyl groups is 1. The molecular formula is C18H18FN3O2. The van der Waals surface area contributed by atoms with E-state index in [4.69, 9.17) is 10.5 Å². The van der Waals surface area contributed by atoms with Crippen molar-refractivity contribution < 1.29 is 14.2 Å². The van der Waals surface area contributed by atoms with Crippen molar-refractivity contribution in [2.75, 3.05) is 5.73 Å². The first-order chi connectivity index (χ1) is 11.6. The Kier molecular flexibility index (Phi) is 2.89. The lowest BCUT2D eigenvalue weighted by Crippen LogP contribution is -2.21. The zero-order valence-corrected chi connectivity index (χ0v) is 13.1. The predicted molar refractivity (Wildman–Crippen MR) is 86.0 cm³/mol. The number of hydrogen-bond donors (Lipinski definition) is 2. The number of nitrogens with two attached hydrogens (primary N) is 1. The fourth-order valence-corrected chi connectivity index (χ4v) is 4.06. The molecule has 2 atom stereocenters. The van der Waals surface area contributed by atoms with E-state index in [1.807, 2.05) is 0 Å². The number of phenols is 1. The molecule has 1 aromatic heterocycles. The van der Waals surface area contributed by atoms with Crippen LogP contribution in [0.5, 0.6) is 5.75 Å². The number of nitrogens with zero attached hydrogens (tertiary/aromatic N) is 2. The third kappa shape index (κ3) is 2.02. The van der Waals surface area contributed by atoms with E-state index in [2.05, 4.69) is 10.2 Å². The Morgan fingerprint density at radius 1 is 1.17 bits per heavy atom. The predicted octanol–water partition coefficient (Wildman–Crippen LogP) is 3.22. The lowest BCUT2D eigenvalue weighted by Gasteiger charge is -2.26. The number of ether oxygens (including phenoxy) is 1. The largest absolute Gasteiger partial charge is 0.507 e. The molecular weight excluding hydrogens is 309 g/mol. The van der Waals surface area contributed by atoms with Crippen LogP contribution in [0.4, 0.5) is 10.2 Å². The van der Waals surface area contributed by atoms with Gasteiger partial charge in [-0.2, -0.15) is 0 Å². The molecule has 2 unspecified atom stereocenters. The Morgan fingerprint density at radius 2 is 2.00 bits per heavy atom. The Bertz CT molecular complexity index is 827. The quantitative estimate of drug-likeness (QED) is 0.885. The van der Waals surface area contributed by atoms with Crippen molar-refractivity contribution in [1.82, 2.24) is 10.2 Å². The summed E-state index contributed by atoms with van der Waals surface area (Å²) in [5.74, 6) is 0.192. The number of rotatable bonds is 2. The van der Waals surface area contributed by atoms with E-state index in [1.165, 1.54) is 6.07 Å². The van der Waals surface area contributed by atoms with Gasteiger partial charge in [0, 0.05) is 12.0 Å². The molecule has 2 aliphatic heterocycles. The molecule has 0 spiro atoms. The van der Waals surface area contributed by atoms with E-state index in [1.54, 1.807) is 6.07 Å². The molecule has 5 nitrogen and oxygen atoms in total. The summed E-state index contributed by atoms with van der Waals surface area (Å²) >= 11 is 0. The van der Waals surface area contributed by atoms with Gasteiger partial charge in [0.1, 0.15) is 17.3 Å². The lowest BCUT2D eigenvalue weighted by molar-refractivity contribution is 0.0326. The van der Waals surface area contributed by atoms with E-state index in [0.29, 0.717) is 23.9 Å². The molecule has 2 aromatic rings. The third-order valence-corrected chi connectivity index (χ3v) is 5.38. The Hall–Kier alpha value is -2.21. The zero-order chi connectivity index (χ0) is 16.4. The second kappa shape index (κ2) is 4.89. The van der Waals surface area contributed by atoms with Crippen LogP contribution in [0.3, 0.4) is 0 Å². The van der Waals surface area contributed by atoms with E-state index in [-0.39, 0.29) is 23.5 Å². The van der Waals surface area contributed by atoms with Crippen molar-refractivity contribution in [3.05, 3.63) is 34.6 Å². The zero-order valence-electron chi connectivity index (χ0n) is 13.1. The molecule has 6 heteroatoms. The van der Waals surface area contributed by atoms with Gasteiger partial charge in [-0.05, 0) is 54.9 Å². The van der Waals surface area contributed by atoms with Crippen LogP contribution in [0.25, 0.3) is 11.3 Å². The van der Waals surface area contributed by atoms with Crippen molar-refractivity contribution in [2.45, 2.75) is 50.2 Å². The van der Waals surface area contributed by atoms with Crippen molar-refractivity contribution >= 4 is 5.82 Å². The molecule has 3 N–H and O–H groups in total. The first-order valence-corrected chi connectivity index (χ1v) is 8.45. The summed E-state index contributed by atoms with van der Waals surface area (Å²) in [5, 5.41) is 18.6. The minimum Gasteiger partial charge on any atom is -0.507 e. The fourth-order valence-electron chi connectivity index (χ4n) is 4.06. The number of phenolic OH excluding ortho intramolecular Hbond substituents is 1. The van der Waals surface area contributed by atoms with Crippen LogP contribution in [-0.2, 0) is 11.2 Å². The molecule has 0 radical (unpaired) electrons. The second-order valence-electron chi connectivity index (χ2n) is 7.03. The number of hydrogen-bond acceptors (Lipinski definition) is 5. The first kappa shape index (κ1) is 14.2. The van der Waals surface area contributed by atoms with Crippen LogP contribution in [0.2, 0.25) is 0 Å². The number of fused-ring (bicyclic) bond motifs is 4. The molecule has 1 aromatic carbocycles. The Labute approximate surface area is 138 Å². The van der Waals surface area contributed by atoms with Crippen LogP contribution in [-0.4, -0.2) is 21.4 Å². The normalized spacial score (nSPS) is 24.9. The second-order valence-corrected chi connectivity index (χ2v) is 7.03. The van der Waals surface area contributed by atoms with E-state index >= 15 is 0 Å². The van der Waals surface area contributed by atoms with Crippen LogP contribution < -0.4 is 5.73 Å². The summed E-state index contributed by atoms with van der Waals surface area (Å²) < 4.78 is 20.7. The summed E-state index contributed by atoms with van der Waals surface area (Å²) in [4.78, 5) is 0. The van der Waals surface area contributed by atoms with Gasteiger partial charge in [0.15, 0.2) is 5.82 Å². The molecule has 3 aliphatic rings. The molecule has 1 aliphatic carbocycles. The first-order valence-electron chi connectivity index (χ1n) is 8.45. The van der Waals surface area contributed by atoms with Crippen LogP contribution >= 0.6 is 0 Å². The van der Waals surface area contributed by atoms with E-state index in [9.17, 15) is 9.50 Å². The number of anilines is 1. The Balaban J connectivity index is 1.70. The minimum atomic E-state index is -0.447. The highest BCUT2D eigenvalue weighted by molar-refractivity contribution is 5.74. The SMILES string of the molecule is Nc1nnc(-c2c(O)cc(C3CC3)cc2F)c2c1C1CCC(C2)O1. The summed E-state index contributed by atoms with van der Waals surface area (Å²) in [6.45, 7) is 0. The molecule has 3 heterocycles. The topological polar surface area (TPSA) is 81.3 Å². The number of benzene rings is 1. The standard InChI is InChI=1S/C18H18FN3O2/c19-12-5-9(8-1-2-8)6-13(23)16(12)17-11-7-10-3-4-14(24-10)15(11)18(20)22-21-17/h5-6,8,10,14,23H,1-4,7H2,(H2,20,22). The van der Waals surface area contributed by atoms with Gasteiger partial charge < -0.3 is 15.6 Å². The summed E-state index contributed by atoms with van der Waals surface area (Å²) in [6.07, 6.45) is 4.59. The van der Waals surface area contributed by atoms with Gasteiger partial charge in [-0.1, -0.05) is 0 Å². The molecule has 24 heavy (non-hydrogen) atoms. The van der Waals surface area contributed by atoms with Gasteiger partial charge in [-0.15, -0.1) is 10.2 Å². The van der Waals surface area contributed by atoms with Crippen molar-refractivity contribution in [3.63, 3.8) is 0 Å². The van der Waals surface area contributed by atoms with Crippen molar-refractivity contribution in [3.8, 4) is 17.0 Å². The molecule has 2 fully saturated rings. The van der Waals surface area contributed by atoms with Crippen LogP contribution in [0.1, 0.15) is 54.4 Å². The molecule has 1 saturated heterocycles. The third-order valence-electron chi connectivity index (χ3n) is 5.38.